The van der Waals surface area contributed by atoms with Crippen LogP contribution in [0.15, 0.2) is 18.2 Å². The quantitative estimate of drug-likeness (QED) is 0.763. The van der Waals surface area contributed by atoms with E-state index in [2.05, 4.69) is 26.0 Å². The zero-order valence-corrected chi connectivity index (χ0v) is 11.3. The van der Waals surface area contributed by atoms with Gasteiger partial charge in [0.25, 0.3) is 0 Å². The minimum absolute atomic E-state index is 0.0639. The van der Waals surface area contributed by atoms with Crippen molar-refractivity contribution < 1.29 is 4.57 Å². The van der Waals surface area contributed by atoms with E-state index in [4.69, 9.17) is 5.73 Å². The van der Waals surface area contributed by atoms with Gasteiger partial charge < -0.3 is 10.3 Å². The zero-order valence-electron chi connectivity index (χ0n) is 10.4. The van der Waals surface area contributed by atoms with Crippen LogP contribution >= 0.6 is 7.14 Å². The molecule has 1 aromatic rings. The Bertz CT molecular complexity index is 473. The molecular formula is C13H20NOP. The van der Waals surface area contributed by atoms with Crippen molar-refractivity contribution in [2.75, 3.05) is 13.3 Å². The lowest BCUT2D eigenvalue weighted by Crippen LogP contribution is -2.25. The second kappa shape index (κ2) is 3.45. The second-order valence-corrected chi connectivity index (χ2v) is 9.10. The van der Waals surface area contributed by atoms with Crippen molar-refractivity contribution in [1.82, 2.24) is 0 Å². The summed E-state index contributed by atoms with van der Waals surface area (Å²) in [6, 6.07) is 6.20. The van der Waals surface area contributed by atoms with Crippen molar-refractivity contribution in [3.63, 3.8) is 0 Å². The van der Waals surface area contributed by atoms with Gasteiger partial charge in [-0.2, -0.15) is 0 Å². The third-order valence-electron chi connectivity index (χ3n) is 3.57. The Labute approximate surface area is 97.6 Å². The molecule has 88 valence electrons. The van der Waals surface area contributed by atoms with E-state index in [1.165, 1.54) is 11.1 Å². The van der Waals surface area contributed by atoms with Crippen LogP contribution in [0, 0.1) is 5.41 Å². The van der Waals surface area contributed by atoms with Crippen molar-refractivity contribution in [2.45, 2.75) is 26.3 Å². The summed E-state index contributed by atoms with van der Waals surface area (Å²) < 4.78 is 12.0. The number of fused-ring (bicyclic) bond motifs is 1. The highest BCUT2D eigenvalue weighted by atomic mass is 31.2. The Morgan fingerprint density at radius 1 is 1.38 bits per heavy atom. The number of hydrogen-bond acceptors (Lipinski definition) is 2. The summed E-state index contributed by atoms with van der Waals surface area (Å²) in [6.45, 7) is 7.99. The summed E-state index contributed by atoms with van der Waals surface area (Å²) in [7, 11) is -2.17. The molecule has 0 saturated heterocycles. The third kappa shape index (κ3) is 1.85. The molecule has 0 fully saturated rings. The van der Waals surface area contributed by atoms with Gasteiger partial charge in [0.05, 0.1) is 0 Å². The molecule has 3 heteroatoms. The molecule has 0 radical (unpaired) electrons. The van der Waals surface area contributed by atoms with Gasteiger partial charge in [0.2, 0.25) is 0 Å². The van der Waals surface area contributed by atoms with Crippen LogP contribution in [-0.2, 0) is 11.0 Å². The normalized spacial score (nSPS) is 23.2. The first-order valence-corrected chi connectivity index (χ1v) is 8.26. The molecule has 0 amide bonds. The highest BCUT2D eigenvalue weighted by molar-refractivity contribution is 7.70. The number of nitrogens with two attached hydrogens (primary N) is 1. The summed E-state index contributed by atoms with van der Waals surface area (Å²) in [5, 5.41) is 0.944. The Balaban J connectivity index is 2.51. The van der Waals surface area contributed by atoms with Crippen molar-refractivity contribution in [3.05, 3.63) is 29.3 Å². The van der Waals surface area contributed by atoms with Gasteiger partial charge in [-0.1, -0.05) is 26.0 Å². The molecule has 1 aliphatic rings. The molecule has 0 heterocycles. The molecule has 2 rings (SSSR count). The molecular weight excluding hydrogens is 217 g/mol. The zero-order chi connectivity index (χ0) is 12.1. The smallest absolute Gasteiger partial charge is 0.109 e. The lowest BCUT2D eigenvalue weighted by Gasteiger charge is -2.23. The Morgan fingerprint density at radius 2 is 2.00 bits per heavy atom. The van der Waals surface area contributed by atoms with Crippen LogP contribution in [0.5, 0.6) is 0 Å². The molecule has 2 nitrogen and oxygen atoms in total. The van der Waals surface area contributed by atoms with Gasteiger partial charge in [0.1, 0.15) is 7.14 Å². The predicted molar refractivity (Wildman–Crippen MR) is 69.9 cm³/mol. The van der Waals surface area contributed by atoms with E-state index in [1.807, 2.05) is 6.07 Å². The molecule has 1 aliphatic carbocycles. The van der Waals surface area contributed by atoms with Crippen LogP contribution in [0.2, 0.25) is 0 Å². The van der Waals surface area contributed by atoms with Crippen LogP contribution in [0.3, 0.4) is 0 Å². The molecule has 0 spiro atoms. The van der Waals surface area contributed by atoms with Crippen LogP contribution in [0.25, 0.3) is 0 Å². The van der Waals surface area contributed by atoms with Crippen molar-refractivity contribution in [1.29, 1.82) is 0 Å². The minimum Gasteiger partial charge on any atom is -0.323 e. The average Bonchev–Trinajstić information content (AvgIpc) is 2.36. The summed E-state index contributed by atoms with van der Waals surface area (Å²) in [6.07, 6.45) is 1.02. The van der Waals surface area contributed by atoms with E-state index in [0.717, 1.165) is 11.7 Å². The fourth-order valence-electron chi connectivity index (χ4n) is 2.39. The molecule has 0 bridgehead atoms. The maximum atomic E-state index is 12.0. The molecule has 2 N–H and O–H groups in total. The fraction of sp³-hybridized carbons (Fsp3) is 0.538. The molecule has 0 saturated carbocycles. The topological polar surface area (TPSA) is 43.1 Å². The first kappa shape index (κ1) is 11.9. The van der Waals surface area contributed by atoms with Crippen LogP contribution in [-0.4, -0.2) is 13.3 Å². The Kier molecular flexibility index (Phi) is 2.56. The Morgan fingerprint density at radius 3 is 2.56 bits per heavy atom. The van der Waals surface area contributed by atoms with Gasteiger partial charge in [-0.3, -0.25) is 0 Å². The number of hydrogen-bond donors (Lipinski definition) is 1. The molecule has 0 aromatic heterocycles. The van der Waals surface area contributed by atoms with E-state index in [1.54, 1.807) is 13.3 Å². The Hall–Kier alpha value is -0.590. The van der Waals surface area contributed by atoms with Crippen molar-refractivity contribution >= 4 is 12.4 Å². The van der Waals surface area contributed by atoms with E-state index in [-0.39, 0.29) is 11.5 Å². The maximum absolute atomic E-state index is 12.0. The number of benzene rings is 1. The van der Waals surface area contributed by atoms with Crippen LogP contribution < -0.4 is 11.0 Å². The van der Waals surface area contributed by atoms with Gasteiger partial charge in [0.15, 0.2) is 0 Å². The summed E-state index contributed by atoms with van der Waals surface area (Å²) in [5.41, 5.74) is 8.87. The summed E-state index contributed by atoms with van der Waals surface area (Å²) in [5.74, 6) is 0. The molecule has 1 unspecified atom stereocenters. The van der Waals surface area contributed by atoms with Crippen molar-refractivity contribution in [3.8, 4) is 0 Å². The SMILES string of the molecule is CC1(C)Cc2ccc(P(C)(C)=O)cc2C1N. The second-order valence-electron chi connectivity index (χ2n) is 5.88. The molecule has 1 aromatic carbocycles. The first-order valence-electron chi connectivity index (χ1n) is 5.66. The monoisotopic (exact) mass is 237 g/mol. The van der Waals surface area contributed by atoms with Gasteiger partial charge >= 0.3 is 0 Å². The summed E-state index contributed by atoms with van der Waals surface area (Å²) in [4.78, 5) is 0. The average molecular weight is 237 g/mol. The minimum atomic E-state index is -2.17. The lowest BCUT2D eigenvalue weighted by molar-refractivity contribution is 0.319. The molecule has 0 aliphatic heterocycles. The third-order valence-corrected chi connectivity index (χ3v) is 5.10. The van der Waals surface area contributed by atoms with Crippen molar-refractivity contribution in [2.24, 2.45) is 11.1 Å². The van der Waals surface area contributed by atoms with Crippen LogP contribution in [0.1, 0.15) is 31.0 Å². The van der Waals surface area contributed by atoms with Crippen LogP contribution in [0.4, 0.5) is 0 Å². The van der Waals surface area contributed by atoms with E-state index < -0.39 is 7.14 Å². The van der Waals surface area contributed by atoms with E-state index >= 15 is 0 Å². The van der Waals surface area contributed by atoms with Gasteiger partial charge in [-0.25, -0.2) is 0 Å². The number of rotatable bonds is 1. The maximum Gasteiger partial charge on any atom is 0.109 e. The predicted octanol–water partition coefficient (Wildman–Crippen LogP) is 2.52. The molecule has 1 atom stereocenters. The molecule has 16 heavy (non-hydrogen) atoms. The van der Waals surface area contributed by atoms with Gasteiger partial charge in [-0.15, -0.1) is 0 Å². The van der Waals surface area contributed by atoms with Gasteiger partial charge in [0, 0.05) is 11.3 Å². The lowest BCUT2D eigenvalue weighted by atomic mass is 9.86. The highest BCUT2D eigenvalue weighted by Crippen LogP contribution is 2.45. The van der Waals surface area contributed by atoms with E-state index in [0.29, 0.717) is 0 Å². The fourth-order valence-corrected chi connectivity index (χ4v) is 3.27. The van der Waals surface area contributed by atoms with Gasteiger partial charge in [-0.05, 0) is 42.4 Å². The largest absolute Gasteiger partial charge is 0.323 e. The standard InChI is InChI=1S/C13H20NOP/c1-13(2)8-9-5-6-10(16(3,4)15)7-11(9)12(13)14/h5-7,12H,8,14H2,1-4H3. The first-order chi connectivity index (χ1) is 7.22. The van der Waals surface area contributed by atoms with E-state index in [9.17, 15) is 4.57 Å². The highest BCUT2D eigenvalue weighted by Gasteiger charge is 2.36. The summed E-state index contributed by atoms with van der Waals surface area (Å²) >= 11 is 0.